The molecule has 3 aromatic carbocycles. The van der Waals surface area contributed by atoms with Gasteiger partial charge < -0.3 is 14.2 Å². The van der Waals surface area contributed by atoms with Crippen molar-refractivity contribution in [2.75, 3.05) is 31.7 Å². The Labute approximate surface area is 265 Å². The molecular weight excluding hydrogens is 618 g/mol. The molecule has 0 radical (unpaired) electrons. The molecule has 6 rings (SSSR count). The van der Waals surface area contributed by atoms with Gasteiger partial charge >= 0.3 is 0 Å². The molecule has 2 aliphatic rings. The Morgan fingerprint density at radius 3 is 2.62 bits per heavy atom. The predicted molar refractivity (Wildman–Crippen MR) is 166 cm³/mol. The number of anilines is 1. The van der Waals surface area contributed by atoms with Crippen LogP contribution in [-0.4, -0.2) is 50.0 Å². The van der Waals surface area contributed by atoms with Crippen molar-refractivity contribution in [1.29, 1.82) is 5.26 Å². The second kappa shape index (κ2) is 13.0. The number of halogens is 1. The second-order valence-corrected chi connectivity index (χ2v) is 13.5. The minimum Gasteiger partial charge on any atom is -0.497 e. The van der Waals surface area contributed by atoms with Gasteiger partial charge in [-0.25, -0.2) is 22.1 Å². The fourth-order valence-electron chi connectivity index (χ4n) is 6.14. The highest BCUT2D eigenvalue weighted by molar-refractivity contribution is 7.93. The number of aromatic nitrogens is 2. The first-order chi connectivity index (χ1) is 21.8. The fourth-order valence-corrected chi connectivity index (χ4v) is 8.28. The Bertz CT molecular complexity index is 1800. The molecule has 1 fully saturated rings. The highest BCUT2D eigenvalue weighted by atomic mass is 32.2. The smallest absolute Gasteiger partial charge is 0.266 e. The van der Waals surface area contributed by atoms with Gasteiger partial charge in [-0.15, -0.1) is 0 Å². The number of nitrogens with zero attached hydrogens (tertiary/aromatic N) is 5. The summed E-state index contributed by atoms with van der Waals surface area (Å²) in [7, 11) is -1.05. The molecule has 10 nitrogen and oxygen atoms in total. The Kier molecular flexibility index (Phi) is 8.89. The second-order valence-electron chi connectivity index (χ2n) is 10.9. The molecule has 1 aromatic heterocycles. The molecule has 13 heteroatoms. The normalized spacial score (nSPS) is 20.0. The van der Waals surface area contributed by atoms with Gasteiger partial charge in [0, 0.05) is 65.8 Å². The van der Waals surface area contributed by atoms with Crippen LogP contribution in [0.1, 0.15) is 48.0 Å². The molecule has 3 heterocycles. The van der Waals surface area contributed by atoms with Crippen molar-refractivity contribution in [2.45, 2.75) is 42.8 Å². The van der Waals surface area contributed by atoms with E-state index in [0.29, 0.717) is 48.8 Å². The molecule has 0 N–H and O–H groups in total. The summed E-state index contributed by atoms with van der Waals surface area (Å²) in [4.78, 5) is 6.62. The van der Waals surface area contributed by atoms with Gasteiger partial charge in [0.05, 0.1) is 38.3 Å². The van der Waals surface area contributed by atoms with Crippen molar-refractivity contribution in [1.82, 2.24) is 14.3 Å². The maximum Gasteiger partial charge on any atom is 0.266 e. The Hall–Kier alpha value is -4.25. The molecule has 0 unspecified atom stereocenters. The van der Waals surface area contributed by atoms with E-state index in [1.165, 1.54) is 29.9 Å². The molecule has 0 amide bonds. The number of likely N-dealkylation sites (tertiary alicyclic amines) is 1. The van der Waals surface area contributed by atoms with Gasteiger partial charge in [0.1, 0.15) is 29.4 Å². The average Bonchev–Trinajstić information content (AvgIpc) is 3.61. The average molecular weight is 650 g/mol. The number of piperidine rings is 1. The molecule has 2 aliphatic heterocycles. The van der Waals surface area contributed by atoms with Crippen LogP contribution in [0.2, 0.25) is 0 Å². The number of benzene rings is 3. The summed E-state index contributed by atoms with van der Waals surface area (Å²) in [5.74, 6) is 1.15. The van der Waals surface area contributed by atoms with E-state index in [1.54, 1.807) is 49.6 Å². The van der Waals surface area contributed by atoms with E-state index in [9.17, 15) is 18.1 Å². The predicted octanol–water partition coefficient (Wildman–Crippen LogP) is 5.89. The van der Waals surface area contributed by atoms with Crippen LogP contribution in [0.15, 0.2) is 71.9 Å². The first-order valence-corrected chi connectivity index (χ1v) is 16.7. The van der Waals surface area contributed by atoms with Crippen molar-refractivity contribution >= 4 is 26.7 Å². The lowest BCUT2D eigenvalue weighted by molar-refractivity contribution is 0.0550. The van der Waals surface area contributed by atoms with Gasteiger partial charge in [-0.2, -0.15) is 9.64 Å². The lowest BCUT2D eigenvalue weighted by atomic mass is 9.85. The van der Waals surface area contributed by atoms with Crippen LogP contribution >= 0.6 is 11.5 Å². The molecular formula is C32H32FN5O5S2. The minimum atomic E-state index is -4.12. The van der Waals surface area contributed by atoms with Gasteiger partial charge in [0.2, 0.25) is 5.13 Å². The van der Waals surface area contributed by atoms with E-state index in [4.69, 9.17) is 14.2 Å². The van der Waals surface area contributed by atoms with Crippen LogP contribution < -0.4 is 18.5 Å². The number of nitriles is 1. The maximum atomic E-state index is 14.2. The molecule has 0 bridgehead atoms. The minimum absolute atomic E-state index is 0.0432. The number of ether oxygens (including phenoxy) is 3. The lowest BCUT2D eigenvalue weighted by Crippen LogP contribution is -2.41. The van der Waals surface area contributed by atoms with Gasteiger partial charge in [-0.1, -0.05) is 18.2 Å². The van der Waals surface area contributed by atoms with Crippen molar-refractivity contribution in [3.63, 3.8) is 0 Å². The molecule has 3 atom stereocenters. The highest BCUT2D eigenvalue weighted by Crippen LogP contribution is 2.45. The molecule has 0 aliphatic carbocycles. The van der Waals surface area contributed by atoms with Crippen LogP contribution in [0.5, 0.6) is 17.2 Å². The van der Waals surface area contributed by atoms with Gasteiger partial charge in [0.15, 0.2) is 0 Å². The number of hydrogen-bond donors (Lipinski definition) is 0. The first-order valence-electron chi connectivity index (χ1n) is 14.5. The molecule has 234 valence electrons. The summed E-state index contributed by atoms with van der Waals surface area (Å²) >= 11 is 0.978. The van der Waals surface area contributed by atoms with E-state index >= 15 is 0 Å². The molecule has 45 heavy (non-hydrogen) atoms. The highest BCUT2D eigenvalue weighted by Gasteiger charge is 2.38. The van der Waals surface area contributed by atoms with Gasteiger partial charge in [-0.3, -0.25) is 4.90 Å². The van der Waals surface area contributed by atoms with Gasteiger partial charge in [0.25, 0.3) is 10.0 Å². The number of sulfonamides is 1. The van der Waals surface area contributed by atoms with Crippen LogP contribution in [0.25, 0.3) is 0 Å². The zero-order valence-corrected chi connectivity index (χ0v) is 26.4. The number of fused-ring (bicyclic) bond motifs is 1. The Morgan fingerprint density at radius 2 is 1.91 bits per heavy atom. The molecule has 0 saturated carbocycles. The van der Waals surface area contributed by atoms with Gasteiger partial charge in [-0.05, 0) is 48.7 Å². The summed E-state index contributed by atoms with van der Waals surface area (Å²) in [5.41, 5.74) is 2.45. The third-order valence-electron chi connectivity index (χ3n) is 8.43. The monoisotopic (exact) mass is 649 g/mol. The molecule has 4 aromatic rings. The quantitative estimate of drug-likeness (QED) is 0.219. The zero-order chi connectivity index (χ0) is 31.6. The van der Waals surface area contributed by atoms with Crippen molar-refractivity contribution < 1.29 is 27.0 Å². The standard InChI is InChI=1S/C32H32FN5O5S2/c1-41-25-8-5-23(30(16-25)42-2)19-38(32-35-20-36-44-32)45(39,40)26-9-10-27-28(12-14-43-31(27)17-26)37-13-11-21(18-34)15-29(37)22-3-6-24(33)7-4-22/h3-10,16-17,20-21,28-29H,11-15,19H2,1-2H3/t21-,28-,29+/m1/s1. The summed E-state index contributed by atoms with van der Waals surface area (Å²) in [6.45, 7) is 1.04. The van der Waals surface area contributed by atoms with Crippen LogP contribution in [0.3, 0.4) is 0 Å². The summed E-state index contributed by atoms with van der Waals surface area (Å²) < 4.78 is 64.4. The molecule has 1 saturated heterocycles. The van der Waals surface area contributed by atoms with Crippen molar-refractivity contribution in [3.05, 3.63) is 89.5 Å². The van der Waals surface area contributed by atoms with Crippen LogP contribution in [-0.2, 0) is 16.6 Å². The van der Waals surface area contributed by atoms with Crippen LogP contribution in [0, 0.1) is 23.1 Å². The third kappa shape index (κ3) is 6.18. The number of methoxy groups -OCH3 is 2. The third-order valence-corrected chi connectivity index (χ3v) is 11.0. The summed E-state index contributed by atoms with van der Waals surface area (Å²) in [6.07, 6.45) is 3.37. The van der Waals surface area contributed by atoms with E-state index in [-0.39, 0.29) is 40.4 Å². The van der Waals surface area contributed by atoms with E-state index in [0.717, 1.165) is 29.1 Å². The Morgan fingerprint density at radius 1 is 1.09 bits per heavy atom. The van der Waals surface area contributed by atoms with E-state index in [2.05, 4.69) is 20.3 Å². The zero-order valence-electron chi connectivity index (χ0n) is 24.8. The maximum absolute atomic E-state index is 14.2. The Balaban J connectivity index is 1.34. The molecule has 0 spiro atoms. The topological polar surface area (TPSA) is 118 Å². The van der Waals surface area contributed by atoms with Crippen molar-refractivity contribution in [3.8, 4) is 23.3 Å². The first kappa shape index (κ1) is 30.8. The summed E-state index contributed by atoms with van der Waals surface area (Å²) in [6, 6.07) is 18.9. The largest absolute Gasteiger partial charge is 0.497 e. The lowest BCUT2D eigenvalue weighted by Gasteiger charge is -2.44. The SMILES string of the molecule is COc1ccc(CN(c2ncns2)S(=O)(=O)c2ccc3c(c2)OCC[C@H]3N2CC[C@@H](C#N)C[C@H]2c2ccc(F)cc2)c(OC)c1. The van der Waals surface area contributed by atoms with Crippen LogP contribution in [0.4, 0.5) is 9.52 Å². The van der Waals surface area contributed by atoms with E-state index in [1.807, 2.05) is 6.07 Å². The van der Waals surface area contributed by atoms with Crippen molar-refractivity contribution in [2.24, 2.45) is 5.92 Å². The van der Waals surface area contributed by atoms with E-state index < -0.39 is 10.0 Å². The summed E-state index contributed by atoms with van der Waals surface area (Å²) in [5, 5.41) is 9.91. The number of rotatable bonds is 9. The number of hydrogen-bond acceptors (Lipinski definition) is 10. The fraction of sp³-hybridized carbons (Fsp3) is 0.344.